The van der Waals surface area contributed by atoms with Gasteiger partial charge in [-0.25, -0.2) is 13.5 Å². The van der Waals surface area contributed by atoms with Gasteiger partial charge < -0.3 is 5.32 Å². The van der Waals surface area contributed by atoms with Gasteiger partial charge in [-0.15, -0.1) is 11.3 Å². The number of hydrogen-bond acceptors (Lipinski definition) is 3. The van der Waals surface area contributed by atoms with Crippen molar-refractivity contribution in [2.45, 2.75) is 46.5 Å². The van der Waals surface area contributed by atoms with Crippen LogP contribution in [0.2, 0.25) is 0 Å². The Morgan fingerprint density at radius 1 is 1.27 bits per heavy atom. The zero-order chi connectivity index (χ0) is 23.1. The van der Waals surface area contributed by atoms with Crippen molar-refractivity contribution in [3.8, 4) is 16.9 Å². The van der Waals surface area contributed by atoms with Crippen molar-refractivity contribution in [1.29, 1.82) is 0 Å². The second kappa shape index (κ2) is 7.23. The van der Waals surface area contributed by atoms with Crippen molar-refractivity contribution in [2.24, 2.45) is 23.2 Å². The molecule has 7 heteroatoms. The molecule has 4 aliphatic carbocycles. The third-order valence-electron chi connectivity index (χ3n) is 8.39. The van der Waals surface area contributed by atoms with Gasteiger partial charge in [-0.3, -0.25) is 4.79 Å². The Morgan fingerprint density at radius 2 is 2.09 bits per heavy atom. The fourth-order valence-electron chi connectivity index (χ4n) is 6.47. The van der Waals surface area contributed by atoms with Gasteiger partial charge in [-0.2, -0.15) is 5.10 Å². The molecule has 4 nitrogen and oxygen atoms in total. The lowest BCUT2D eigenvalue weighted by atomic mass is 9.45. The summed E-state index contributed by atoms with van der Waals surface area (Å²) in [6.45, 7) is 7.39. The van der Waals surface area contributed by atoms with Crippen molar-refractivity contribution in [1.82, 2.24) is 15.1 Å². The number of nitrogens with one attached hydrogen (secondary N) is 1. The molecule has 3 unspecified atom stereocenters. The van der Waals surface area contributed by atoms with Crippen molar-refractivity contribution >= 4 is 17.2 Å². The topological polar surface area (TPSA) is 46.9 Å². The number of halogens is 2. The third-order valence-corrected chi connectivity index (χ3v) is 9.44. The number of amides is 1. The van der Waals surface area contributed by atoms with Crippen LogP contribution in [0, 0.1) is 41.7 Å². The Kier molecular flexibility index (Phi) is 4.60. The first-order valence-electron chi connectivity index (χ1n) is 11.7. The highest BCUT2D eigenvalue weighted by atomic mass is 32.1. The van der Waals surface area contributed by atoms with Gasteiger partial charge in [-0.1, -0.05) is 13.8 Å². The van der Waals surface area contributed by atoms with Gasteiger partial charge in [0.05, 0.1) is 5.69 Å². The maximum atomic E-state index is 14.7. The van der Waals surface area contributed by atoms with Crippen LogP contribution >= 0.6 is 11.3 Å². The molecule has 3 fully saturated rings. The van der Waals surface area contributed by atoms with E-state index >= 15 is 0 Å². The number of rotatable bonds is 4. The Hall–Kier alpha value is -2.54. The van der Waals surface area contributed by atoms with Crippen molar-refractivity contribution < 1.29 is 13.6 Å². The number of carbonyl (C=O) groups excluding carboxylic acids is 1. The number of aryl methyl sites for hydroxylation is 1. The lowest BCUT2D eigenvalue weighted by Gasteiger charge is -2.60. The Morgan fingerprint density at radius 3 is 2.82 bits per heavy atom. The van der Waals surface area contributed by atoms with E-state index in [9.17, 15) is 13.6 Å². The van der Waals surface area contributed by atoms with Crippen molar-refractivity contribution in [2.75, 3.05) is 6.54 Å². The van der Waals surface area contributed by atoms with Crippen LogP contribution in [0.4, 0.5) is 8.78 Å². The van der Waals surface area contributed by atoms with Crippen LogP contribution < -0.4 is 5.32 Å². The standard InChI is InChI=1S/C26H27F2N3OS/c1-13-8-17-22(33-13)11-18-23(30-31(24(17)18)21-7-6-16(27)10-20(21)28)25(32)29-12-14-4-5-15-9-19(14)26(15,2)3/h6-8,10,14-15,19H,4-5,9,11-12H2,1-3H3,(H,29,32). The van der Waals surface area contributed by atoms with E-state index in [0.717, 1.165) is 45.0 Å². The molecule has 2 heterocycles. The highest BCUT2D eigenvalue weighted by molar-refractivity contribution is 7.12. The zero-order valence-electron chi connectivity index (χ0n) is 19.0. The molecule has 3 aromatic rings. The molecule has 2 aromatic heterocycles. The molecule has 2 bridgehead atoms. The number of carbonyl (C=O) groups is 1. The Bertz CT molecular complexity index is 1290. The molecular weight excluding hydrogens is 440 g/mol. The highest BCUT2D eigenvalue weighted by Gasteiger charge is 2.54. The second-order valence-corrected chi connectivity index (χ2v) is 11.8. The number of benzene rings is 1. The molecule has 0 radical (unpaired) electrons. The van der Waals surface area contributed by atoms with E-state index in [1.807, 2.05) is 6.92 Å². The zero-order valence-corrected chi connectivity index (χ0v) is 19.9. The molecule has 3 atom stereocenters. The first-order valence-corrected chi connectivity index (χ1v) is 12.5. The van der Waals surface area contributed by atoms with E-state index in [2.05, 4.69) is 30.3 Å². The van der Waals surface area contributed by atoms with Crippen LogP contribution in [0.1, 0.15) is 58.9 Å². The molecule has 1 amide bonds. The van der Waals surface area contributed by atoms with Gasteiger partial charge in [0.1, 0.15) is 11.5 Å². The minimum atomic E-state index is -0.698. The quantitative estimate of drug-likeness (QED) is 0.407. The number of hydrogen-bond donors (Lipinski definition) is 1. The summed E-state index contributed by atoms with van der Waals surface area (Å²) in [5.74, 6) is 0.418. The maximum Gasteiger partial charge on any atom is 0.272 e. The summed E-state index contributed by atoms with van der Waals surface area (Å²) >= 11 is 1.68. The van der Waals surface area contributed by atoms with Crippen LogP contribution in [0.15, 0.2) is 24.3 Å². The van der Waals surface area contributed by atoms with Gasteiger partial charge in [0.15, 0.2) is 11.5 Å². The summed E-state index contributed by atoms with van der Waals surface area (Å²) in [6, 6.07) is 5.52. The molecule has 33 heavy (non-hydrogen) atoms. The predicted octanol–water partition coefficient (Wildman–Crippen LogP) is 5.89. The molecule has 0 spiro atoms. The number of fused-ring (bicyclic) bond motifs is 5. The molecule has 172 valence electrons. The van der Waals surface area contributed by atoms with Crippen LogP contribution in [0.25, 0.3) is 16.9 Å². The summed E-state index contributed by atoms with van der Waals surface area (Å²) in [5, 5.41) is 7.71. The summed E-state index contributed by atoms with van der Waals surface area (Å²) in [6.07, 6.45) is 4.26. The average molecular weight is 468 g/mol. The first-order chi connectivity index (χ1) is 15.7. The monoisotopic (exact) mass is 467 g/mol. The largest absolute Gasteiger partial charge is 0.350 e. The van der Waals surface area contributed by atoms with E-state index < -0.39 is 11.6 Å². The second-order valence-electron chi connectivity index (χ2n) is 10.5. The molecule has 1 aromatic carbocycles. The molecule has 4 aliphatic rings. The maximum absolute atomic E-state index is 14.7. The lowest BCUT2D eigenvalue weighted by Crippen LogP contribution is -2.54. The van der Waals surface area contributed by atoms with E-state index in [1.54, 1.807) is 11.3 Å². The SMILES string of the molecule is Cc1cc2c(s1)Cc1c(C(=O)NCC3CCC4CC3C4(C)C)nn(-c3ccc(F)cc3F)c1-2. The number of aromatic nitrogens is 2. The van der Waals surface area contributed by atoms with Gasteiger partial charge in [0, 0.05) is 39.9 Å². The molecule has 7 rings (SSSR count). The summed E-state index contributed by atoms with van der Waals surface area (Å²) < 4.78 is 29.7. The van der Waals surface area contributed by atoms with Gasteiger partial charge in [0.25, 0.3) is 5.91 Å². The van der Waals surface area contributed by atoms with Crippen LogP contribution in [0.5, 0.6) is 0 Å². The van der Waals surface area contributed by atoms with E-state index in [4.69, 9.17) is 0 Å². The van der Waals surface area contributed by atoms with Crippen molar-refractivity contribution in [3.63, 3.8) is 0 Å². The molecule has 3 saturated carbocycles. The highest BCUT2D eigenvalue weighted by Crippen LogP contribution is 2.61. The minimum Gasteiger partial charge on any atom is -0.350 e. The summed E-state index contributed by atoms with van der Waals surface area (Å²) in [4.78, 5) is 15.6. The van der Waals surface area contributed by atoms with E-state index in [0.29, 0.717) is 35.9 Å². The van der Waals surface area contributed by atoms with Gasteiger partial charge in [0.2, 0.25) is 0 Å². The van der Waals surface area contributed by atoms with Crippen LogP contribution in [-0.4, -0.2) is 22.2 Å². The smallest absolute Gasteiger partial charge is 0.272 e. The molecule has 0 aliphatic heterocycles. The van der Waals surface area contributed by atoms with Crippen molar-refractivity contribution in [3.05, 3.63) is 56.9 Å². The third kappa shape index (κ3) is 3.11. The normalized spacial score (nSPS) is 24.2. The molecule has 1 N–H and O–H groups in total. The van der Waals surface area contributed by atoms with E-state index in [-0.39, 0.29) is 11.6 Å². The summed E-state index contributed by atoms with van der Waals surface area (Å²) in [7, 11) is 0. The van der Waals surface area contributed by atoms with Gasteiger partial charge >= 0.3 is 0 Å². The fraction of sp³-hybridized carbons (Fsp3) is 0.462. The lowest BCUT2D eigenvalue weighted by molar-refractivity contribution is -0.103. The van der Waals surface area contributed by atoms with Gasteiger partial charge in [-0.05, 0) is 67.6 Å². The minimum absolute atomic E-state index is 0.151. The van der Waals surface area contributed by atoms with Crippen LogP contribution in [-0.2, 0) is 6.42 Å². The van der Waals surface area contributed by atoms with E-state index in [1.165, 1.54) is 29.7 Å². The number of nitrogens with zero attached hydrogens (tertiary/aromatic N) is 2. The first kappa shape index (κ1) is 21.0. The molecule has 0 saturated heterocycles. The Labute approximate surface area is 196 Å². The Balaban J connectivity index is 1.33. The fourth-order valence-corrected chi connectivity index (χ4v) is 7.52. The molecular formula is C26H27F2N3OS. The average Bonchev–Trinajstić information content (AvgIpc) is 3.41. The summed E-state index contributed by atoms with van der Waals surface area (Å²) in [5.41, 5.74) is 3.41. The van der Waals surface area contributed by atoms with Crippen LogP contribution in [0.3, 0.4) is 0 Å². The number of thiophene rings is 1. The predicted molar refractivity (Wildman–Crippen MR) is 125 cm³/mol.